The molecule has 0 radical (unpaired) electrons. The highest BCUT2D eigenvalue weighted by Gasteiger charge is 2.11. The molecule has 0 aromatic heterocycles. The molecule has 0 aliphatic rings. The van der Waals surface area contributed by atoms with E-state index in [4.69, 9.17) is 33.7 Å². The van der Waals surface area contributed by atoms with Crippen LogP contribution in [-0.4, -0.2) is 6.61 Å². The second-order valence-electron chi connectivity index (χ2n) is 3.93. The van der Waals surface area contributed by atoms with Crippen molar-refractivity contribution in [2.75, 3.05) is 12.3 Å². The Balaban J connectivity index is 2.32. The van der Waals surface area contributed by atoms with Crippen molar-refractivity contribution in [2.45, 2.75) is 16.7 Å². The first-order valence-electron chi connectivity index (χ1n) is 5.86. The fraction of sp³-hybridized carbons (Fsp3) is 0.143. The molecule has 6 heteroatoms. The molecule has 2 aromatic carbocycles. The standard InChI is InChI=1S/C14H12Cl2FNOS/c1-2-19-13-7-14(12(18)6-11(13)17)20-8-3-4-9(15)10(16)5-8/h3-7H,2,18H2,1H3. The topological polar surface area (TPSA) is 35.2 Å². The first kappa shape index (κ1) is 15.3. The minimum atomic E-state index is -0.470. The summed E-state index contributed by atoms with van der Waals surface area (Å²) < 4.78 is 18.8. The fourth-order valence-electron chi connectivity index (χ4n) is 1.57. The van der Waals surface area contributed by atoms with Crippen molar-refractivity contribution in [3.63, 3.8) is 0 Å². The van der Waals surface area contributed by atoms with Crippen molar-refractivity contribution in [1.29, 1.82) is 0 Å². The summed E-state index contributed by atoms with van der Waals surface area (Å²) in [6.07, 6.45) is 0. The van der Waals surface area contributed by atoms with Gasteiger partial charge in [0, 0.05) is 21.5 Å². The number of nitrogen functional groups attached to an aromatic ring is 1. The Kier molecular flexibility index (Phi) is 5.02. The summed E-state index contributed by atoms with van der Waals surface area (Å²) in [6.45, 7) is 2.18. The van der Waals surface area contributed by atoms with Gasteiger partial charge in [-0.05, 0) is 31.2 Å². The lowest BCUT2D eigenvalue weighted by molar-refractivity contribution is 0.321. The number of hydrogen-bond donors (Lipinski definition) is 1. The Hall–Kier alpha value is -1.10. The molecule has 0 atom stereocenters. The molecular weight excluding hydrogens is 320 g/mol. The fourth-order valence-corrected chi connectivity index (χ4v) is 2.84. The van der Waals surface area contributed by atoms with Gasteiger partial charge >= 0.3 is 0 Å². The lowest BCUT2D eigenvalue weighted by Gasteiger charge is -2.10. The van der Waals surface area contributed by atoms with Gasteiger partial charge in [-0.3, -0.25) is 0 Å². The van der Waals surface area contributed by atoms with Crippen LogP contribution in [0.4, 0.5) is 10.1 Å². The maximum atomic E-state index is 13.6. The number of nitrogens with two attached hydrogens (primary N) is 1. The predicted molar refractivity (Wildman–Crippen MR) is 82.6 cm³/mol. The summed E-state index contributed by atoms with van der Waals surface area (Å²) in [4.78, 5) is 1.56. The molecule has 0 bridgehead atoms. The molecule has 0 aliphatic heterocycles. The molecule has 0 saturated heterocycles. The van der Waals surface area contributed by atoms with E-state index >= 15 is 0 Å². The summed E-state index contributed by atoms with van der Waals surface area (Å²) in [5.74, 6) is -0.285. The van der Waals surface area contributed by atoms with Crippen molar-refractivity contribution in [3.05, 3.63) is 46.2 Å². The average Bonchev–Trinajstić information content (AvgIpc) is 2.39. The highest BCUT2D eigenvalue weighted by atomic mass is 35.5. The Morgan fingerprint density at radius 2 is 1.95 bits per heavy atom. The largest absolute Gasteiger partial charge is 0.491 e. The van der Waals surface area contributed by atoms with E-state index < -0.39 is 5.82 Å². The van der Waals surface area contributed by atoms with Gasteiger partial charge in [-0.25, -0.2) is 4.39 Å². The van der Waals surface area contributed by atoms with Gasteiger partial charge in [0.05, 0.1) is 16.7 Å². The van der Waals surface area contributed by atoms with Crippen molar-refractivity contribution < 1.29 is 9.13 Å². The Morgan fingerprint density at radius 3 is 2.60 bits per heavy atom. The molecule has 0 saturated carbocycles. The third-order valence-corrected chi connectivity index (χ3v) is 4.29. The van der Waals surface area contributed by atoms with Crippen molar-refractivity contribution in [3.8, 4) is 5.75 Å². The van der Waals surface area contributed by atoms with Crippen LogP contribution in [0.25, 0.3) is 0 Å². The van der Waals surface area contributed by atoms with Gasteiger partial charge in [0.2, 0.25) is 0 Å². The van der Waals surface area contributed by atoms with Crippen LogP contribution < -0.4 is 10.5 Å². The molecule has 2 rings (SSSR count). The quantitative estimate of drug-likeness (QED) is 0.775. The molecular formula is C14H12Cl2FNOS. The number of ether oxygens (including phenoxy) is 1. The van der Waals surface area contributed by atoms with E-state index in [1.54, 1.807) is 25.1 Å². The predicted octanol–water partition coefficient (Wildman–Crippen LogP) is 5.26. The van der Waals surface area contributed by atoms with Crippen molar-refractivity contribution in [2.24, 2.45) is 0 Å². The zero-order valence-corrected chi connectivity index (χ0v) is 12.9. The van der Waals surface area contributed by atoms with Gasteiger partial charge in [-0.15, -0.1) is 0 Å². The van der Waals surface area contributed by atoms with E-state index in [0.717, 1.165) is 4.90 Å². The lowest BCUT2D eigenvalue weighted by atomic mass is 10.3. The number of benzene rings is 2. The zero-order valence-electron chi connectivity index (χ0n) is 10.6. The van der Waals surface area contributed by atoms with Crippen LogP contribution in [0.2, 0.25) is 10.0 Å². The number of hydrogen-bond acceptors (Lipinski definition) is 3. The Morgan fingerprint density at radius 1 is 1.20 bits per heavy atom. The third-order valence-electron chi connectivity index (χ3n) is 2.48. The van der Waals surface area contributed by atoms with Crippen LogP contribution in [0, 0.1) is 5.82 Å². The molecule has 2 nitrogen and oxygen atoms in total. The maximum Gasteiger partial charge on any atom is 0.167 e. The number of rotatable bonds is 4. The van der Waals surface area contributed by atoms with Gasteiger partial charge in [0.1, 0.15) is 0 Å². The van der Waals surface area contributed by atoms with E-state index in [9.17, 15) is 4.39 Å². The minimum absolute atomic E-state index is 0.185. The molecule has 0 spiro atoms. The Bertz CT molecular complexity index is 637. The van der Waals surface area contributed by atoms with Crippen LogP contribution in [0.5, 0.6) is 5.75 Å². The number of halogens is 3. The lowest BCUT2D eigenvalue weighted by Crippen LogP contribution is -1.97. The Labute approximate surface area is 131 Å². The molecule has 0 heterocycles. The van der Waals surface area contributed by atoms with Crippen LogP contribution in [0.1, 0.15) is 6.92 Å². The van der Waals surface area contributed by atoms with Crippen LogP contribution in [0.15, 0.2) is 40.1 Å². The second-order valence-corrected chi connectivity index (χ2v) is 5.86. The van der Waals surface area contributed by atoms with Gasteiger partial charge in [0.25, 0.3) is 0 Å². The normalized spacial score (nSPS) is 10.6. The van der Waals surface area contributed by atoms with E-state index in [2.05, 4.69) is 0 Å². The molecule has 0 fully saturated rings. The summed E-state index contributed by atoms with van der Waals surface area (Å²) >= 11 is 13.2. The highest BCUT2D eigenvalue weighted by Crippen LogP contribution is 2.38. The van der Waals surface area contributed by atoms with Crippen LogP contribution >= 0.6 is 35.0 Å². The minimum Gasteiger partial charge on any atom is -0.491 e. The molecule has 20 heavy (non-hydrogen) atoms. The molecule has 106 valence electrons. The van der Waals surface area contributed by atoms with Gasteiger partial charge in [-0.1, -0.05) is 35.0 Å². The summed E-state index contributed by atoms with van der Waals surface area (Å²) in [5, 5.41) is 0.945. The van der Waals surface area contributed by atoms with Crippen LogP contribution in [0.3, 0.4) is 0 Å². The summed E-state index contributed by atoms with van der Waals surface area (Å²) in [7, 11) is 0. The first-order valence-corrected chi connectivity index (χ1v) is 7.43. The monoisotopic (exact) mass is 331 g/mol. The molecule has 0 unspecified atom stereocenters. The maximum absolute atomic E-state index is 13.6. The van der Waals surface area contributed by atoms with Gasteiger partial charge in [-0.2, -0.15) is 0 Å². The third kappa shape index (κ3) is 3.51. The molecule has 2 aromatic rings. The van der Waals surface area contributed by atoms with Crippen molar-refractivity contribution in [1.82, 2.24) is 0 Å². The van der Waals surface area contributed by atoms with E-state index in [1.807, 2.05) is 6.07 Å². The van der Waals surface area contributed by atoms with Gasteiger partial charge < -0.3 is 10.5 Å². The second kappa shape index (κ2) is 6.57. The van der Waals surface area contributed by atoms with Gasteiger partial charge in [0.15, 0.2) is 11.6 Å². The molecule has 0 amide bonds. The van der Waals surface area contributed by atoms with E-state index in [0.29, 0.717) is 27.2 Å². The highest BCUT2D eigenvalue weighted by molar-refractivity contribution is 7.99. The number of anilines is 1. The smallest absolute Gasteiger partial charge is 0.167 e. The van der Waals surface area contributed by atoms with E-state index in [-0.39, 0.29) is 5.75 Å². The average molecular weight is 332 g/mol. The van der Waals surface area contributed by atoms with Crippen LogP contribution in [-0.2, 0) is 0 Å². The SMILES string of the molecule is CCOc1cc(Sc2ccc(Cl)c(Cl)c2)c(N)cc1F. The van der Waals surface area contributed by atoms with E-state index in [1.165, 1.54) is 17.8 Å². The molecule has 0 aliphatic carbocycles. The summed E-state index contributed by atoms with van der Waals surface area (Å²) in [5.41, 5.74) is 6.18. The summed E-state index contributed by atoms with van der Waals surface area (Å²) in [6, 6.07) is 8.10. The zero-order chi connectivity index (χ0) is 14.7. The molecule has 2 N–H and O–H groups in total. The van der Waals surface area contributed by atoms with Crippen molar-refractivity contribution >= 4 is 40.7 Å². The first-order chi connectivity index (χ1) is 9.51.